The predicted octanol–water partition coefficient (Wildman–Crippen LogP) is 1.85. The Kier molecular flexibility index (Phi) is 5.89. The minimum atomic E-state index is -0.338. The number of hydrogen-bond donors (Lipinski definition) is 3. The van der Waals surface area contributed by atoms with Crippen molar-refractivity contribution in [3.8, 4) is 0 Å². The van der Waals surface area contributed by atoms with Gasteiger partial charge in [0.2, 0.25) is 5.91 Å². The van der Waals surface area contributed by atoms with Gasteiger partial charge in [0.25, 0.3) is 0 Å². The highest BCUT2D eigenvalue weighted by Gasteiger charge is 2.30. The highest BCUT2D eigenvalue weighted by Crippen LogP contribution is 2.24. The van der Waals surface area contributed by atoms with Crippen LogP contribution < -0.4 is 16.6 Å². The lowest BCUT2D eigenvalue weighted by Gasteiger charge is -2.03. The molecule has 1 aliphatic rings. The topological polar surface area (TPSA) is 101 Å². The van der Waals surface area contributed by atoms with Crippen molar-refractivity contribution in [3.05, 3.63) is 77.6 Å². The number of nitrogens with two attached hydrogens (primary N) is 1. The van der Waals surface area contributed by atoms with E-state index in [4.69, 9.17) is 5.84 Å². The molecule has 0 fully saturated rings. The van der Waals surface area contributed by atoms with Crippen molar-refractivity contribution in [2.45, 2.75) is 0 Å². The van der Waals surface area contributed by atoms with Gasteiger partial charge in [-0.15, -0.1) is 0 Å². The molecule has 2 aromatic rings. The number of allylic oxidation sites excluding steroid dienone is 1. The molecule has 3 rings (SSSR count). The zero-order valence-corrected chi connectivity index (χ0v) is 13.2. The van der Waals surface area contributed by atoms with Gasteiger partial charge >= 0.3 is 0 Å². The van der Waals surface area contributed by atoms with Gasteiger partial charge in [-0.05, 0) is 24.3 Å². The molecule has 0 saturated heterocycles. The zero-order chi connectivity index (χ0) is 18.4. The maximum absolute atomic E-state index is 12.4. The second-order valence-electron chi connectivity index (χ2n) is 5.12. The number of carbonyl (C=O) groups is 3. The summed E-state index contributed by atoms with van der Waals surface area (Å²) in [6.07, 6.45) is 0. The molecule has 0 heterocycles. The summed E-state index contributed by atoms with van der Waals surface area (Å²) in [6, 6.07) is 12.3. The molecule has 6 nitrogen and oxygen atoms in total. The van der Waals surface area contributed by atoms with Crippen LogP contribution in [-0.4, -0.2) is 24.0 Å². The van der Waals surface area contributed by atoms with Crippen molar-refractivity contribution >= 4 is 23.2 Å². The SMILES string of the molecule is C=C1C(=O)c2ccccc2C1=O.NNCC(=O)Nc1ccc(F)cc1. The summed E-state index contributed by atoms with van der Waals surface area (Å²) in [5.41, 5.74) is 3.79. The van der Waals surface area contributed by atoms with E-state index in [1.165, 1.54) is 24.3 Å². The normalized spacial score (nSPS) is 12.3. The smallest absolute Gasteiger partial charge is 0.239 e. The number of rotatable bonds is 3. The van der Waals surface area contributed by atoms with E-state index in [1.54, 1.807) is 24.3 Å². The largest absolute Gasteiger partial charge is 0.325 e. The van der Waals surface area contributed by atoms with Gasteiger partial charge in [-0.2, -0.15) is 0 Å². The highest BCUT2D eigenvalue weighted by atomic mass is 19.1. The monoisotopic (exact) mass is 341 g/mol. The Labute approximate surface area is 143 Å². The number of Topliss-reactive ketones (excluding diaryl/α,β-unsaturated/α-hetero) is 2. The third kappa shape index (κ3) is 4.43. The molecule has 0 aliphatic heterocycles. The average Bonchev–Trinajstić information content (AvgIpc) is 2.83. The molecular formula is C18H16FN3O3. The van der Waals surface area contributed by atoms with Gasteiger partial charge < -0.3 is 5.32 Å². The molecule has 0 radical (unpaired) electrons. The molecule has 0 unspecified atom stereocenters. The summed E-state index contributed by atoms with van der Waals surface area (Å²) in [4.78, 5) is 33.5. The van der Waals surface area contributed by atoms with E-state index in [9.17, 15) is 18.8 Å². The summed E-state index contributed by atoms with van der Waals surface area (Å²) in [7, 11) is 0. The first-order valence-corrected chi connectivity index (χ1v) is 7.30. The number of amides is 1. The number of nitrogens with one attached hydrogen (secondary N) is 2. The van der Waals surface area contributed by atoms with Crippen LogP contribution in [0.1, 0.15) is 20.7 Å². The van der Waals surface area contributed by atoms with Crippen LogP contribution in [0.15, 0.2) is 60.7 Å². The Hall–Kier alpha value is -3.16. The summed E-state index contributed by atoms with van der Waals surface area (Å²) in [6.45, 7) is 3.46. The van der Waals surface area contributed by atoms with Crippen molar-refractivity contribution in [2.24, 2.45) is 5.84 Å². The fourth-order valence-corrected chi connectivity index (χ4v) is 2.14. The van der Waals surface area contributed by atoms with Crippen LogP contribution in [-0.2, 0) is 4.79 Å². The number of carbonyl (C=O) groups excluding carboxylic acids is 3. The lowest BCUT2D eigenvalue weighted by Crippen LogP contribution is -2.32. The lowest BCUT2D eigenvalue weighted by atomic mass is 10.1. The molecular weight excluding hydrogens is 325 g/mol. The Bertz CT molecular complexity index is 795. The molecule has 2 aromatic carbocycles. The van der Waals surface area contributed by atoms with Crippen molar-refractivity contribution in [3.63, 3.8) is 0 Å². The summed E-state index contributed by atoms with van der Waals surface area (Å²) >= 11 is 0. The van der Waals surface area contributed by atoms with Crippen molar-refractivity contribution in [1.29, 1.82) is 0 Å². The molecule has 1 aliphatic carbocycles. The Balaban J connectivity index is 0.000000181. The summed E-state index contributed by atoms with van der Waals surface area (Å²) < 4.78 is 12.4. The number of benzene rings is 2. The van der Waals surface area contributed by atoms with Crippen LogP contribution >= 0.6 is 0 Å². The average molecular weight is 341 g/mol. The first-order chi connectivity index (χ1) is 11.9. The number of ketones is 2. The van der Waals surface area contributed by atoms with Crippen LogP contribution in [0, 0.1) is 5.82 Å². The van der Waals surface area contributed by atoms with Crippen LogP contribution in [0.2, 0.25) is 0 Å². The van der Waals surface area contributed by atoms with Gasteiger partial charge in [0.1, 0.15) is 5.82 Å². The van der Waals surface area contributed by atoms with Crippen LogP contribution in [0.3, 0.4) is 0 Å². The molecule has 0 bridgehead atoms. The second kappa shape index (κ2) is 8.09. The molecule has 7 heteroatoms. The third-order valence-corrected chi connectivity index (χ3v) is 3.36. The Morgan fingerprint density at radius 1 is 1.00 bits per heavy atom. The van der Waals surface area contributed by atoms with Crippen molar-refractivity contribution in [1.82, 2.24) is 5.43 Å². The van der Waals surface area contributed by atoms with Crippen LogP contribution in [0.25, 0.3) is 0 Å². The van der Waals surface area contributed by atoms with E-state index in [-0.39, 0.29) is 35.4 Å². The van der Waals surface area contributed by atoms with E-state index in [1.807, 2.05) is 0 Å². The molecule has 4 N–H and O–H groups in total. The fraction of sp³-hybridized carbons (Fsp3) is 0.0556. The fourth-order valence-electron chi connectivity index (χ4n) is 2.14. The zero-order valence-electron chi connectivity index (χ0n) is 13.2. The van der Waals surface area contributed by atoms with Crippen molar-refractivity contribution < 1.29 is 18.8 Å². The van der Waals surface area contributed by atoms with E-state index in [2.05, 4.69) is 17.3 Å². The van der Waals surface area contributed by atoms with Crippen LogP contribution in [0.4, 0.5) is 10.1 Å². The molecule has 0 saturated carbocycles. The number of hydrazine groups is 1. The van der Waals surface area contributed by atoms with Gasteiger partial charge in [0.05, 0.1) is 12.1 Å². The third-order valence-electron chi connectivity index (χ3n) is 3.36. The van der Waals surface area contributed by atoms with Gasteiger partial charge in [-0.3, -0.25) is 25.7 Å². The Morgan fingerprint density at radius 3 is 2.00 bits per heavy atom. The summed E-state index contributed by atoms with van der Waals surface area (Å²) in [5.74, 6) is 3.85. The van der Waals surface area contributed by atoms with E-state index in [0.717, 1.165) is 0 Å². The van der Waals surface area contributed by atoms with Crippen molar-refractivity contribution in [2.75, 3.05) is 11.9 Å². The molecule has 1 amide bonds. The summed E-state index contributed by atoms with van der Waals surface area (Å²) in [5, 5.41) is 2.52. The number of fused-ring (bicyclic) bond motifs is 1. The minimum Gasteiger partial charge on any atom is -0.325 e. The molecule has 0 atom stereocenters. The number of hydrogen-bond acceptors (Lipinski definition) is 5. The number of halogens is 1. The lowest BCUT2D eigenvalue weighted by molar-refractivity contribution is -0.115. The Morgan fingerprint density at radius 2 is 1.52 bits per heavy atom. The first-order valence-electron chi connectivity index (χ1n) is 7.30. The highest BCUT2D eigenvalue weighted by molar-refractivity contribution is 6.39. The maximum atomic E-state index is 12.4. The number of anilines is 1. The molecule has 0 aromatic heterocycles. The maximum Gasteiger partial charge on any atom is 0.239 e. The standard InChI is InChI=1S/C10H6O2.C8H10FN3O/c1-6-9(11)7-4-2-3-5-8(7)10(6)12;9-6-1-3-7(4-2-6)12-8(13)5-11-10/h2-5H,1H2;1-4,11H,5,10H2,(H,12,13). The van der Waals surface area contributed by atoms with E-state index >= 15 is 0 Å². The van der Waals surface area contributed by atoms with Gasteiger partial charge in [-0.1, -0.05) is 30.8 Å². The quantitative estimate of drug-likeness (QED) is 0.342. The predicted molar refractivity (Wildman–Crippen MR) is 91.5 cm³/mol. The molecule has 128 valence electrons. The molecule has 0 spiro atoms. The minimum absolute atomic E-state index is 0.0252. The molecule has 25 heavy (non-hydrogen) atoms. The second-order valence-corrected chi connectivity index (χ2v) is 5.12. The van der Waals surface area contributed by atoms with Crippen LogP contribution in [0.5, 0.6) is 0 Å². The van der Waals surface area contributed by atoms with Gasteiger partial charge in [-0.25, -0.2) is 4.39 Å². The van der Waals surface area contributed by atoms with Gasteiger partial charge in [0.15, 0.2) is 11.6 Å². The van der Waals surface area contributed by atoms with E-state index in [0.29, 0.717) is 16.8 Å². The van der Waals surface area contributed by atoms with E-state index < -0.39 is 0 Å². The first kappa shape index (κ1) is 18.2. The van der Waals surface area contributed by atoms with Gasteiger partial charge in [0, 0.05) is 16.8 Å².